The average molecular weight is 450 g/mol. The Morgan fingerprint density at radius 3 is 2.20 bits per heavy atom. The number of hydrogen-bond acceptors (Lipinski definition) is 4. The summed E-state index contributed by atoms with van der Waals surface area (Å²) in [6, 6.07) is 14.3. The maximum Gasteiger partial charge on any atom is 0.305 e. The molecule has 0 radical (unpaired) electrons. The second kappa shape index (κ2) is 9.94. The third-order valence-corrected chi connectivity index (χ3v) is 7.54. The van der Waals surface area contributed by atoms with Crippen LogP contribution >= 0.6 is 11.6 Å². The second-order valence-electron chi connectivity index (χ2n) is 7.97. The van der Waals surface area contributed by atoms with E-state index in [9.17, 15) is 13.2 Å². The van der Waals surface area contributed by atoms with Gasteiger partial charge in [0.25, 0.3) is 0 Å². The summed E-state index contributed by atoms with van der Waals surface area (Å²) in [4.78, 5) is 11.6. The SMILES string of the molecule is COC(=O)CCc1ccc(CC2(NS(=O)(=O)c3ccc(Cl)cc3)CCCCC2)cc1. The zero-order valence-corrected chi connectivity index (χ0v) is 18.8. The summed E-state index contributed by atoms with van der Waals surface area (Å²) in [5.74, 6) is -0.225. The van der Waals surface area contributed by atoms with E-state index in [1.165, 1.54) is 19.2 Å². The molecule has 0 saturated heterocycles. The van der Waals surface area contributed by atoms with E-state index in [1.54, 1.807) is 12.1 Å². The van der Waals surface area contributed by atoms with Gasteiger partial charge in [0.05, 0.1) is 12.0 Å². The number of rotatable bonds is 8. The first kappa shape index (κ1) is 22.8. The van der Waals surface area contributed by atoms with Crippen LogP contribution in [-0.4, -0.2) is 27.0 Å². The van der Waals surface area contributed by atoms with E-state index in [0.29, 0.717) is 24.3 Å². The molecular weight excluding hydrogens is 422 g/mol. The molecule has 1 N–H and O–H groups in total. The van der Waals surface area contributed by atoms with Crippen LogP contribution < -0.4 is 4.72 Å². The molecule has 162 valence electrons. The van der Waals surface area contributed by atoms with Gasteiger partial charge in [0, 0.05) is 17.0 Å². The standard InChI is InChI=1S/C23H28ClNO4S/c1-29-22(26)14-9-18-5-7-19(8-6-18)17-23(15-3-2-4-16-23)25-30(27,28)21-12-10-20(24)11-13-21/h5-8,10-13,25H,2-4,9,14-17H2,1H3. The molecule has 0 aromatic heterocycles. The van der Waals surface area contributed by atoms with Gasteiger partial charge in [-0.25, -0.2) is 13.1 Å². The van der Waals surface area contributed by atoms with E-state index in [1.807, 2.05) is 24.3 Å². The number of benzene rings is 2. The van der Waals surface area contributed by atoms with Crippen LogP contribution in [0.3, 0.4) is 0 Å². The highest BCUT2D eigenvalue weighted by Crippen LogP contribution is 2.33. The molecule has 0 atom stereocenters. The van der Waals surface area contributed by atoms with Crippen LogP contribution in [-0.2, 0) is 32.4 Å². The number of aryl methyl sites for hydroxylation is 1. The topological polar surface area (TPSA) is 72.5 Å². The molecule has 1 aliphatic rings. The molecule has 1 fully saturated rings. The number of methoxy groups -OCH3 is 1. The fraction of sp³-hybridized carbons (Fsp3) is 0.435. The van der Waals surface area contributed by atoms with Crippen LogP contribution in [0.4, 0.5) is 0 Å². The van der Waals surface area contributed by atoms with Gasteiger partial charge in [-0.3, -0.25) is 4.79 Å². The molecule has 5 nitrogen and oxygen atoms in total. The number of carbonyl (C=O) groups excluding carboxylic acids is 1. The summed E-state index contributed by atoms with van der Waals surface area (Å²) in [6.45, 7) is 0. The van der Waals surface area contributed by atoms with Gasteiger partial charge in [-0.15, -0.1) is 0 Å². The molecule has 0 unspecified atom stereocenters. The number of halogens is 1. The van der Waals surface area contributed by atoms with Crippen molar-refractivity contribution >= 4 is 27.6 Å². The number of esters is 1. The summed E-state index contributed by atoms with van der Waals surface area (Å²) in [6.07, 6.45) is 6.35. The molecular formula is C23H28ClNO4S. The molecule has 0 aliphatic heterocycles. The second-order valence-corrected chi connectivity index (χ2v) is 10.1. The minimum atomic E-state index is -3.64. The fourth-order valence-corrected chi connectivity index (χ4v) is 5.65. The van der Waals surface area contributed by atoms with Crippen LogP contribution in [0.5, 0.6) is 0 Å². The number of carbonyl (C=O) groups is 1. The fourth-order valence-electron chi connectivity index (χ4n) is 4.06. The molecule has 3 rings (SSSR count). The maximum atomic E-state index is 13.0. The van der Waals surface area contributed by atoms with E-state index in [2.05, 4.69) is 9.46 Å². The van der Waals surface area contributed by atoms with Gasteiger partial charge in [0.1, 0.15) is 0 Å². The summed E-state index contributed by atoms with van der Waals surface area (Å²) >= 11 is 5.91. The van der Waals surface area contributed by atoms with Gasteiger partial charge in [-0.05, 0) is 61.1 Å². The van der Waals surface area contributed by atoms with Crippen molar-refractivity contribution in [2.45, 2.75) is 61.8 Å². The smallest absolute Gasteiger partial charge is 0.305 e. The molecule has 1 aliphatic carbocycles. The van der Waals surface area contributed by atoms with Gasteiger partial charge in [-0.2, -0.15) is 0 Å². The predicted octanol–water partition coefficient (Wildman–Crippen LogP) is 4.67. The Kier molecular flexibility index (Phi) is 7.55. The maximum absolute atomic E-state index is 13.0. The molecule has 2 aromatic rings. The molecule has 0 heterocycles. The zero-order valence-electron chi connectivity index (χ0n) is 17.2. The number of nitrogens with one attached hydrogen (secondary N) is 1. The molecule has 7 heteroatoms. The zero-order chi connectivity index (χ0) is 21.6. The highest BCUT2D eigenvalue weighted by molar-refractivity contribution is 7.89. The Morgan fingerprint density at radius 2 is 1.60 bits per heavy atom. The van der Waals surface area contributed by atoms with Crippen molar-refractivity contribution in [3.05, 3.63) is 64.7 Å². The summed E-state index contributed by atoms with van der Waals surface area (Å²) in [5.41, 5.74) is 1.64. The van der Waals surface area contributed by atoms with Gasteiger partial charge in [0.2, 0.25) is 10.0 Å². The molecule has 2 aromatic carbocycles. The Labute approximate surface area is 183 Å². The number of hydrogen-bond donors (Lipinski definition) is 1. The highest BCUT2D eigenvalue weighted by atomic mass is 35.5. The van der Waals surface area contributed by atoms with Gasteiger partial charge >= 0.3 is 5.97 Å². The highest BCUT2D eigenvalue weighted by Gasteiger charge is 2.36. The molecule has 30 heavy (non-hydrogen) atoms. The van der Waals surface area contributed by atoms with E-state index < -0.39 is 15.6 Å². The normalized spacial score (nSPS) is 16.2. The van der Waals surface area contributed by atoms with Gasteiger partial charge in [-0.1, -0.05) is 55.1 Å². The molecule has 0 bridgehead atoms. The molecule has 0 amide bonds. The third-order valence-electron chi connectivity index (χ3n) is 5.70. The van der Waals surface area contributed by atoms with E-state index >= 15 is 0 Å². The Balaban J connectivity index is 1.75. The van der Waals surface area contributed by atoms with Gasteiger partial charge < -0.3 is 4.74 Å². The van der Waals surface area contributed by atoms with Gasteiger partial charge in [0.15, 0.2) is 0 Å². The number of sulfonamides is 1. The van der Waals surface area contributed by atoms with E-state index in [0.717, 1.165) is 43.2 Å². The lowest BCUT2D eigenvalue weighted by atomic mass is 9.78. The van der Waals surface area contributed by atoms with Crippen LogP contribution in [0.15, 0.2) is 53.4 Å². The van der Waals surface area contributed by atoms with Crippen molar-refractivity contribution in [2.24, 2.45) is 0 Å². The lowest BCUT2D eigenvalue weighted by molar-refractivity contribution is -0.140. The van der Waals surface area contributed by atoms with Crippen molar-refractivity contribution in [3.8, 4) is 0 Å². The van der Waals surface area contributed by atoms with Crippen molar-refractivity contribution in [2.75, 3.05) is 7.11 Å². The van der Waals surface area contributed by atoms with Crippen molar-refractivity contribution < 1.29 is 17.9 Å². The van der Waals surface area contributed by atoms with Crippen molar-refractivity contribution in [3.63, 3.8) is 0 Å². The number of ether oxygens (including phenoxy) is 1. The van der Waals surface area contributed by atoms with Crippen molar-refractivity contribution in [1.82, 2.24) is 4.72 Å². The van der Waals surface area contributed by atoms with Crippen LogP contribution in [0.25, 0.3) is 0 Å². The summed E-state index contributed by atoms with van der Waals surface area (Å²) in [7, 11) is -2.26. The van der Waals surface area contributed by atoms with Crippen molar-refractivity contribution in [1.29, 1.82) is 0 Å². The first-order valence-corrected chi connectivity index (χ1v) is 12.1. The van der Waals surface area contributed by atoms with E-state index in [-0.39, 0.29) is 10.9 Å². The monoisotopic (exact) mass is 449 g/mol. The Hall–Kier alpha value is -1.89. The lowest BCUT2D eigenvalue weighted by Gasteiger charge is -2.38. The largest absolute Gasteiger partial charge is 0.469 e. The summed E-state index contributed by atoms with van der Waals surface area (Å²) < 4.78 is 33.8. The van der Waals surface area contributed by atoms with E-state index in [4.69, 9.17) is 11.6 Å². The third kappa shape index (κ3) is 6.06. The van der Waals surface area contributed by atoms with Crippen LogP contribution in [0, 0.1) is 0 Å². The summed E-state index contributed by atoms with van der Waals surface area (Å²) in [5, 5.41) is 0.508. The first-order chi connectivity index (χ1) is 14.3. The first-order valence-electron chi connectivity index (χ1n) is 10.3. The van der Waals surface area contributed by atoms with Crippen LogP contribution in [0.2, 0.25) is 5.02 Å². The molecule has 1 saturated carbocycles. The molecule has 0 spiro atoms. The average Bonchev–Trinajstić information content (AvgIpc) is 2.73. The Bertz CT molecular complexity index is 950. The quantitative estimate of drug-likeness (QED) is 0.594. The predicted molar refractivity (Wildman–Crippen MR) is 118 cm³/mol. The lowest BCUT2D eigenvalue weighted by Crippen LogP contribution is -2.51. The minimum absolute atomic E-state index is 0.225. The minimum Gasteiger partial charge on any atom is -0.469 e. The Morgan fingerprint density at radius 1 is 1.00 bits per heavy atom. The van der Waals surface area contributed by atoms with Crippen LogP contribution in [0.1, 0.15) is 49.7 Å².